The number of hydrogen-bond donors (Lipinski definition) is 1. The van der Waals surface area contributed by atoms with Crippen LogP contribution in [0.1, 0.15) is 50.8 Å². The lowest BCUT2D eigenvalue weighted by atomic mass is 9.97. The third kappa shape index (κ3) is 4.24. The summed E-state index contributed by atoms with van der Waals surface area (Å²) in [5.74, 6) is 1.23. The minimum absolute atomic E-state index is 0.0481. The van der Waals surface area contributed by atoms with Gasteiger partial charge in [-0.15, -0.1) is 0 Å². The molecule has 1 aliphatic rings. The topological polar surface area (TPSA) is 72.2 Å². The molecular formula is C18H24N2O3S. The van der Waals surface area contributed by atoms with Crippen molar-refractivity contribution in [3.8, 4) is 11.3 Å². The van der Waals surface area contributed by atoms with E-state index in [0.29, 0.717) is 16.5 Å². The maximum absolute atomic E-state index is 12.6. The highest BCUT2D eigenvalue weighted by molar-refractivity contribution is 7.89. The molecule has 0 bridgehead atoms. The summed E-state index contributed by atoms with van der Waals surface area (Å²) in [6, 6.07) is 6.81. The van der Waals surface area contributed by atoms with Crippen molar-refractivity contribution in [3.05, 3.63) is 36.4 Å². The number of oxazole rings is 1. The molecule has 3 rings (SSSR count). The Morgan fingerprint density at radius 1 is 1.04 bits per heavy atom. The van der Waals surface area contributed by atoms with E-state index in [2.05, 4.69) is 9.71 Å². The Kier molecular flexibility index (Phi) is 5.36. The molecule has 1 saturated carbocycles. The van der Waals surface area contributed by atoms with Crippen LogP contribution in [0.4, 0.5) is 0 Å². The van der Waals surface area contributed by atoms with Crippen LogP contribution in [0.15, 0.2) is 39.8 Å². The van der Waals surface area contributed by atoms with Gasteiger partial charge < -0.3 is 4.42 Å². The maximum atomic E-state index is 12.6. The van der Waals surface area contributed by atoms with E-state index in [0.717, 1.165) is 31.2 Å². The predicted octanol–water partition coefficient (Wildman–Crippen LogP) is 4.04. The third-order valence-corrected chi connectivity index (χ3v) is 6.03. The van der Waals surface area contributed by atoms with E-state index >= 15 is 0 Å². The fourth-order valence-electron chi connectivity index (χ4n) is 3.15. The quantitative estimate of drug-likeness (QED) is 0.905. The molecule has 0 unspecified atom stereocenters. The van der Waals surface area contributed by atoms with Gasteiger partial charge in [0.25, 0.3) is 0 Å². The minimum atomic E-state index is -3.48. The van der Waals surface area contributed by atoms with Crippen LogP contribution in [0.3, 0.4) is 0 Å². The average molecular weight is 348 g/mol. The van der Waals surface area contributed by atoms with Gasteiger partial charge in [-0.1, -0.05) is 32.1 Å². The van der Waals surface area contributed by atoms with Gasteiger partial charge in [-0.3, -0.25) is 0 Å². The number of nitrogens with one attached hydrogen (secondary N) is 1. The van der Waals surface area contributed by atoms with Crippen molar-refractivity contribution in [1.29, 1.82) is 0 Å². The first kappa shape index (κ1) is 17.2. The molecule has 0 spiro atoms. The van der Waals surface area contributed by atoms with E-state index in [9.17, 15) is 8.42 Å². The largest absolute Gasteiger partial charge is 0.441 e. The molecule has 1 fully saturated rings. The van der Waals surface area contributed by atoms with Crippen molar-refractivity contribution < 1.29 is 12.8 Å². The summed E-state index contributed by atoms with van der Waals surface area (Å²) in [7, 11) is -3.48. The van der Waals surface area contributed by atoms with E-state index in [1.165, 1.54) is 19.3 Å². The Hall–Kier alpha value is -1.66. The van der Waals surface area contributed by atoms with Gasteiger partial charge in [0.2, 0.25) is 10.0 Å². The Morgan fingerprint density at radius 3 is 2.25 bits per heavy atom. The molecule has 130 valence electrons. The SMILES string of the molecule is Cc1ncc(-c2ccc(S(=O)(=O)NC3CCCCCCC3)cc2)o1. The summed E-state index contributed by atoms with van der Waals surface area (Å²) in [6.07, 6.45) is 9.35. The second kappa shape index (κ2) is 7.49. The standard InChI is InChI=1S/C18H24N2O3S/c1-14-19-13-18(23-14)15-9-11-17(12-10-15)24(21,22)20-16-7-5-3-2-4-6-8-16/h9-13,16,20H,2-8H2,1H3. The smallest absolute Gasteiger partial charge is 0.240 e. The molecule has 2 aromatic rings. The van der Waals surface area contributed by atoms with Crippen molar-refractivity contribution in [2.24, 2.45) is 0 Å². The third-order valence-electron chi connectivity index (χ3n) is 4.50. The molecule has 1 heterocycles. The molecule has 5 nitrogen and oxygen atoms in total. The molecule has 1 N–H and O–H groups in total. The van der Waals surface area contributed by atoms with E-state index in [1.54, 1.807) is 37.4 Å². The lowest BCUT2D eigenvalue weighted by Gasteiger charge is -2.21. The van der Waals surface area contributed by atoms with Crippen LogP contribution >= 0.6 is 0 Å². The molecule has 0 aliphatic heterocycles. The van der Waals surface area contributed by atoms with Crippen molar-refractivity contribution in [2.45, 2.75) is 62.8 Å². The van der Waals surface area contributed by atoms with Gasteiger partial charge in [0.15, 0.2) is 11.7 Å². The summed E-state index contributed by atoms with van der Waals surface area (Å²) in [5.41, 5.74) is 0.820. The number of rotatable bonds is 4. The number of sulfonamides is 1. The molecule has 0 atom stereocenters. The van der Waals surface area contributed by atoms with Crippen LogP contribution in [0, 0.1) is 6.92 Å². The van der Waals surface area contributed by atoms with E-state index in [1.807, 2.05) is 0 Å². The summed E-state index contributed by atoms with van der Waals surface area (Å²) >= 11 is 0. The normalized spacial score (nSPS) is 17.4. The molecule has 1 aromatic heterocycles. The average Bonchev–Trinajstić information content (AvgIpc) is 2.96. The van der Waals surface area contributed by atoms with Gasteiger partial charge in [0, 0.05) is 18.5 Å². The summed E-state index contributed by atoms with van der Waals surface area (Å²) in [5, 5.41) is 0. The molecular weight excluding hydrogens is 324 g/mol. The molecule has 1 aromatic carbocycles. The molecule has 6 heteroatoms. The zero-order chi connectivity index (χ0) is 17.0. The molecule has 1 aliphatic carbocycles. The second-order valence-electron chi connectivity index (χ2n) is 6.43. The van der Waals surface area contributed by atoms with E-state index < -0.39 is 10.0 Å². The van der Waals surface area contributed by atoms with Gasteiger partial charge in [0.1, 0.15) is 0 Å². The molecule has 0 saturated heterocycles. The highest BCUT2D eigenvalue weighted by atomic mass is 32.2. The monoisotopic (exact) mass is 348 g/mol. The van der Waals surface area contributed by atoms with Gasteiger partial charge in [0.05, 0.1) is 11.1 Å². The zero-order valence-electron chi connectivity index (χ0n) is 14.0. The van der Waals surface area contributed by atoms with Crippen molar-refractivity contribution >= 4 is 10.0 Å². The maximum Gasteiger partial charge on any atom is 0.240 e. The first-order chi connectivity index (χ1) is 11.5. The summed E-state index contributed by atoms with van der Waals surface area (Å²) in [4.78, 5) is 4.36. The lowest BCUT2D eigenvalue weighted by Crippen LogP contribution is -2.35. The summed E-state index contributed by atoms with van der Waals surface area (Å²) < 4.78 is 33.6. The van der Waals surface area contributed by atoms with E-state index in [4.69, 9.17) is 4.42 Å². The summed E-state index contributed by atoms with van der Waals surface area (Å²) in [6.45, 7) is 1.78. The highest BCUT2D eigenvalue weighted by Crippen LogP contribution is 2.23. The fourth-order valence-corrected chi connectivity index (χ4v) is 4.46. The van der Waals surface area contributed by atoms with Gasteiger partial charge in [-0.05, 0) is 37.1 Å². The Labute approximate surface area is 143 Å². The number of nitrogens with zero attached hydrogens (tertiary/aromatic N) is 1. The molecule has 0 radical (unpaired) electrons. The number of benzene rings is 1. The first-order valence-corrected chi connectivity index (χ1v) is 10.1. The van der Waals surface area contributed by atoms with Crippen LogP contribution in [0.5, 0.6) is 0 Å². The molecule has 0 amide bonds. The number of aryl methyl sites for hydroxylation is 1. The van der Waals surface area contributed by atoms with Gasteiger partial charge in [-0.25, -0.2) is 18.1 Å². The Morgan fingerprint density at radius 2 is 1.67 bits per heavy atom. The lowest BCUT2D eigenvalue weighted by molar-refractivity contribution is 0.426. The van der Waals surface area contributed by atoms with Crippen LogP contribution < -0.4 is 4.72 Å². The van der Waals surface area contributed by atoms with Crippen LogP contribution in [-0.2, 0) is 10.0 Å². The van der Waals surface area contributed by atoms with Crippen molar-refractivity contribution in [1.82, 2.24) is 9.71 Å². The van der Waals surface area contributed by atoms with Crippen LogP contribution in [0.2, 0.25) is 0 Å². The second-order valence-corrected chi connectivity index (χ2v) is 8.15. The minimum Gasteiger partial charge on any atom is -0.441 e. The molecule has 24 heavy (non-hydrogen) atoms. The number of hydrogen-bond acceptors (Lipinski definition) is 4. The zero-order valence-corrected chi connectivity index (χ0v) is 14.8. The number of aromatic nitrogens is 1. The van der Waals surface area contributed by atoms with E-state index in [-0.39, 0.29) is 6.04 Å². The van der Waals surface area contributed by atoms with Crippen molar-refractivity contribution in [2.75, 3.05) is 0 Å². The van der Waals surface area contributed by atoms with Gasteiger partial charge in [-0.2, -0.15) is 0 Å². The van der Waals surface area contributed by atoms with Crippen LogP contribution in [0.25, 0.3) is 11.3 Å². The van der Waals surface area contributed by atoms with Crippen LogP contribution in [-0.4, -0.2) is 19.4 Å². The van der Waals surface area contributed by atoms with Crippen molar-refractivity contribution in [3.63, 3.8) is 0 Å². The first-order valence-electron chi connectivity index (χ1n) is 8.60. The highest BCUT2D eigenvalue weighted by Gasteiger charge is 2.20. The van der Waals surface area contributed by atoms with Gasteiger partial charge >= 0.3 is 0 Å². The Bertz CT molecular complexity index is 758. The Balaban J connectivity index is 1.72. The fraction of sp³-hybridized carbons (Fsp3) is 0.500. The predicted molar refractivity (Wildman–Crippen MR) is 93.1 cm³/mol.